The van der Waals surface area contributed by atoms with Crippen molar-refractivity contribution in [3.63, 3.8) is 0 Å². The van der Waals surface area contributed by atoms with E-state index in [9.17, 15) is 18.0 Å². The topological polar surface area (TPSA) is 84.0 Å². The Hall–Kier alpha value is -3.13. The molecule has 0 aromatic heterocycles. The molecule has 2 aliphatic heterocycles. The van der Waals surface area contributed by atoms with Crippen LogP contribution in [0, 0.1) is 0 Å². The fourth-order valence-corrected chi connectivity index (χ4v) is 6.04. The molecule has 33 heavy (non-hydrogen) atoms. The highest BCUT2D eigenvalue weighted by atomic mass is 32.2. The highest BCUT2D eigenvalue weighted by Crippen LogP contribution is 2.58. The van der Waals surface area contributed by atoms with Gasteiger partial charge in [0.1, 0.15) is 0 Å². The molecule has 2 aromatic rings. The average molecular weight is 469 g/mol. The van der Waals surface area contributed by atoms with Gasteiger partial charge in [-0.2, -0.15) is 0 Å². The largest absolute Gasteiger partial charge is 0.463 e. The highest BCUT2D eigenvalue weighted by Gasteiger charge is 2.66. The van der Waals surface area contributed by atoms with E-state index in [1.807, 2.05) is 42.5 Å². The standard InChI is InChI=1S/C25H28N2O5S/c1-5-32-22(28)15-19-16-25(27(19)33(30,31)24(2,3)4)20-13-9-10-14-21(20)26(23(25)29)17-18-11-7-6-8-12-18/h6-15H,5,16-17H2,1-4H3/b19-15+/t25-/m0/s1. The monoisotopic (exact) mass is 468 g/mol. The van der Waals surface area contributed by atoms with Gasteiger partial charge in [-0.3, -0.25) is 9.10 Å². The van der Waals surface area contributed by atoms with E-state index in [1.165, 1.54) is 6.08 Å². The normalized spacial score (nSPS) is 21.3. The summed E-state index contributed by atoms with van der Waals surface area (Å²) in [7, 11) is -4.00. The molecule has 174 valence electrons. The lowest BCUT2D eigenvalue weighted by atomic mass is 9.79. The summed E-state index contributed by atoms with van der Waals surface area (Å²) in [5.74, 6) is -0.947. The van der Waals surface area contributed by atoms with E-state index in [1.54, 1.807) is 44.7 Å². The molecule has 0 radical (unpaired) electrons. The summed E-state index contributed by atoms with van der Waals surface area (Å²) in [5.41, 5.74) is 1.07. The number of amides is 1. The van der Waals surface area contributed by atoms with Gasteiger partial charge in [0, 0.05) is 23.8 Å². The Kier molecular flexibility index (Phi) is 5.60. The summed E-state index contributed by atoms with van der Waals surface area (Å²) in [6.45, 7) is 6.93. The van der Waals surface area contributed by atoms with Crippen molar-refractivity contribution in [2.45, 2.75) is 50.9 Å². The third-order valence-electron chi connectivity index (χ3n) is 6.05. The zero-order valence-corrected chi connectivity index (χ0v) is 20.1. The zero-order valence-electron chi connectivity index (χ0n) is 19.2. The minimum absolute atomic E-state index is 0.0995. The van der Waals surface area contributed by atoms with E-state index in [2.05, 4.69) is 0 Å². The Balaban J connectivity index is 1.86. The minimum Gasteiger partial charge on any atom is -0.463 e. The van der Waals surface area contributed by atoms with Crippen molar-refractivity contribution in [2.24, 2.45) is 0 Å². The van der Waals surface area contributed by atoms with Crippen molar-refractivity contribution >= 4 is 27.6 Å². The van der Waals surface area contributed by atoms with Crippen LogP contribution in [0.4, 0.5) is 5.69 Å². The van der Waals surface area contributed by atoms with Gasteiger partial charge in [0.2, 0.25) is 10.0 Å². The van der Waals surface area contributed by atoms with Gasteiger partial charge in [-0.15, -0.1) is 0 Å². The van der Waals surface area contributed by atoms with Crippen molar-refractivity contribution < 1.29 is 22.7 Å². The van der Waals surface area contributed by atoms with Crippen LogP contribution in [0.25, 0.3) is 0 Å². The van der Waals surface area contributed by atoms with Crippen LogP contribution in [0.15, 0.2) is 66.4 Å². The molecule has 0 bridgehead atoms. The first-order valence-electron chi connectivity index (χ1n) is 10.9. The van der Waals surface area contributed by atoms with Crippen molar-refractivity contribution in [1.29, 1.82) is 0 Å². The molecule has 1 atom stereocenters. The Morgan fingerprint density at radius 2 is 1.73 bits per heavy atom. The van der Waals surface area contributed by atoms with E-state index in [-0.39, 0.29) is 24.6 Å². The molecule has 8 heteroatoms. The molecule has 1 spiro atoms. The minimum atomic E-state index is -4.00. The van der Waals surface area contributed by atoms with Crippen LogP contribution >= 0.6 is 0 Å². The van der Waals surface area contributed by atoms with Gasteiger partial charge in [-0.1, -0.05) is 48.5 Å². The number of anilines is 1. The molecule has 2 aliphatic rings. The van der Waals surface area contributed by atoms with Gasteiger partial charge >= 0.3 is 5.97 Å². The maximum absolute atomic E-state index is 14.0. The summed E-state index contributed by atoms with van der Waals surface area (Å²) in [6, 6.07) is 16.8. The summed E-state index contributed by atoms with van der Waals surface area (Å²) < 4.78 is 32.4. The SMILES string of the molecule is CCOC(=O)/C=C1\C[C@]2(C(=O)N(Cc3ccccc3)c3ccccc32)N1S(=O)(=O)C(C)(C)C. The molecule has 7 nitrogen and oxygen atoms in total. The van der Waals surface area contributed by atoms with Gasteiger partial charge in [0.25, 0.3) is 5.91 Å². The quantitative estimate of drug-likeness (QED) is 0.493. The number of para-hydroxylation sites is 1. The first kappa shape index (κ1) is 23.0. The van der Waals surface area contributed by atoms with Crippen molar-refractivity contribution in [3.8, 4) is 0 Å². The summed E-state index contributed by atoms with van der Waals surface area (Å²) in [4.78, 5) is 27.8. The predicted octanol–water partition coefficient (Wildman–Crippen LogP) is 3.71. The van der Waals surface area contributed by atoms with Crippen LogP contribution in [0.3, 0.4) is 0 Å². The molecule has 0 N–H and O–H groups in total. The number of carbonyl (C=O) groups excluding carboxylic acids is 2. The number of hydrogen-bond acceptors (Lipinski definition) is 5. The van der Waals surface area contributed by atoms with Crippen molar-refractivity contribution in [1.82, 2.24) is 4.31 Å². The van der Waals surface area contributed by atoms with E-state index in [0.29, 0.717) is 17.8 Å². The molecule has 1 amide bonds. The van der Waals surface area contributed by atoms with Crippen LogP contribution in [0.2, 0.25) is 0 Å². The first-order chi connectivity index (χ1) is 15.5. The third-order valence-corrected chi connectivity index (χ3v) is 8.63. The zero-order chi connectivity index (χ0) is 24.0. The maximum atomic E-state index is 14.0. The summed E-state index contributed by atoms with van der Waals surface area (Å²) in [6.07, 6.45) is 1.29. The Labute approximate surface area is 194 Å². The Bertz CT molecular complexity index is 1230. The van der Waals surface area contributed by atoms with Gasteiger partial charge < -0.3 is 9.64 Å². The van der Waals surface area contributed by atoms with Crippen LogP contribution in [0.1, 0.15) is 45.2 Å². The lowest BCUT2D eigenvalue weighted by molar-refractivity contribution is -0.138. The Morgan fingerprint density at radius 3 is 2.36 bits per heavy atom. The number of benzene rings is 2. The Morgan fingerprint density at radius 1 is 1.09 bits per heavy atom. The number of rotatable bonds is 5. The lowest BCUT2D eigenvalue weighted by Crippen LogP contribution is -2.65. The van der Waals surface area contributed by atoms with E-state index >= 15 is 0 Å². The smallest absolute Gasteiger partial charge is 0.332 e. The maximum Gasteiger partial charge on any atom is 0.332 e. The van der Waals surface area contributed by atoms with Crippen molar-refractivity contribution in [3.05, 3.63) is 77.5 Å². The molecular formula is C25H28N2O5S. The summed E-state index contributed by atoms with van der Waals surface area (Å²) >= 11 is 0. The van der Waals surface area contributed by atoms with Crippen LogP contribution < -0.4 is 4.90 Å². The van der Waals surface area contributed by atoms with Gasteiger partial charge in [0.05, 0.1) is 23.6 Å². The van der Waals surface area contributed by atoms with Crippen LogP contribution in [0.5, 0.6) is 0 Å². The van der Waals surface area contributed by atoms with Gasteiger partial charge in [-0.25, -0.2) is 13.2 Å². The van der Waals surface area contributed by atoms with Crippen LogP contribution in [-0.2, 0) is 36.4 Å². The highest BCUT2D eigenvalue weighted by molar-refractivity contribution is 7.90. The number of carbonyl (C=O) groups is 2. The fourth-order valence-electron chi connectivity index (χ4n) is 4.42. The molecular weight excluding hydrogens is 440 g/mol. The third kappa shape index (κ3) is 3.53. The van der Waals surface area contributed by atoms with Gasteiger partial charge in [-0.05, 0) is 39.3 Å². The van der Waals surface area contributed by atoms with E-state index < -0.39 is 26.3 Å². The average Bonchev–Trinajstić information content (AvgIpc) is 2.97. The lowest BCUT2D eigenvalue weighted by Gasteiger charge is -2.53. The molecule has 0 aliphatic carbocycles. The number of esters is 1. The molecule has 1 saturated heterocycles. The summed E-state index contributed by atoms with van der Waals surface area (Å²) in [5, 5.41) is 0. The number of sulfonamides is 1. The second kappa shape index (κ2) is 8.02. The van der Waals surface area contributed by atoms with Crippen molar-refractivity contribution in [2.75, 3.05) is 11.5 Å². The second-order valence-electron chi connectivity index (χ2n) is 9.20. The number of hydrogen-bond donors (Lipinski definition) is 0. The molecule has 2 heterocycles. The van der Waals surface area contributed by atoms with E-state index in [0.717, 1.165) is 9.87 Å². The van der Waals surface area contributed by atoms with Crippen LogP contribution in [-0.4, -0.2) is 36.0 Å². The predicted molar refractivity (Wildman–Crippen MR) is 126 cm³/mol. The number of fused-ring (bicyclic) bond motifs is 2. The second-order valence-corrected chi connectivity index (χ2v) is 11.7. The van der Waals surface area contributed by atoms with E-state index in [4.69, 9.17) is 4.74 Å². The molecule has 2 aromatic carbocycles. The number of nitrogens with zero attached hydrogens (tertiary/aromatic N) is 2. The fraction of sp³-hybridized carbons (Fsp3) is 0.360. The molecule has 1 fully saturated rings. The number of ether oxygens (including phenoxy) is 1. The molecule has 0 unspecified atom stereocenters. The first-order valence-corrected chi connectivity index (χ1v) is 12.4. The van der Waals surface area contributed by atoms with Gasteiger partial charge in [0.15, 0.2) is 5.54 Å². The molecule has 0 saturated carbocycles. The molecule has 4 rings (SSSR count).